The third-order valence-electron chi connectivity index (χ3n) is 7.58. The smallest absolute Gasteiger partial charge is 0.339 e. The van der Waals surface area contributed by atoms with Crippen molar-refractivity contribution in [3.05, 3.63) is 94.8 Å². The fraction of sp³-hybridized carbons (Fsp3) is 0.212. The molecule has 0 aliphatic carbocycles. The summed E-state index contributed by atoms with van der Waals surface area (Å²) >= 11 is 0. The molecule has 3 N–H and O–H groups in total. The first kappa shape index (κ1) is 30.2. The Morgan fingerprint density at radius 1 is 1.00 bits per heavy atom. The van der Waals surface area contributed by atoms with Crippen LogP contribution in [0.15, 0.2) is 78.0 Å². The molecule has 1 aliphatic heterocycles. The van der Waals surface area contributed by atoms with Crippen molar-refractivity contribution in [1.82, 2.24) is 29.0 Å². The van der Waals surface area contributed by atoms with Crippen molar-refractivity contribution < 1.29 is 14.3 Å². The minimum atomic E-state index is -0.459. The van der Waals surface area contributed by atoms with Crippen LogP contribution in [0.1, 0.15) is 15.9 Å². The Labute approximate surface area is 264 Å². The third kappa shape index (κ3) is 6.20. The molecule has 5 aromatic rings. The van der Waals surface area contributed by atoms with Crippen LogP contribution in [0.25, 0.3) is 22.5 Å². The normalized spacial score (nSPS) is 13.2. The molecule has 2 aromatic carbocycles. The van der Waals surface area contributed by atoms with Gasteiger partial charge in [-0.2, -0.15) is 0 Å². The standard InChI is InChI=1S/C33H31N9O4/c1-22-12-13-35-27(19-22)38-32(44)23-8-10-24(11-9-23)41-29-30(34)36-21-37-31(29)42(33(41)45)26-6-3-5-25(20-26)39(2)28(43)7-4-14-40-15-17-46-18-16-40/h3,5-6,8-13,19-21H,14-18H2,1-2H3,(H2,34,36,37)(H,35,38,44). The number of nitrogens with two attached hydrogens (primary N) is 1. The van der Waals surface area contributed by atoms with E-state index in [1.165, 1.54) is 20.4 Å². The number of nitrogens with zero attached hydrogens (tertiary/aromatic N) is 7. The number of morpholine rings is 1. The number of benzene rings is 2. The lowest BCUT2D eigenvalue weighted by molar-refractivity contribution is -0.113. The molecule has 232 valence electrons. The molecule has 3 aromatic heterocycles. The van der Waals surface area contributed by atoms with Crippen LogP contribution in [0.4, 0.5) is 17.3 Å². The number of carbonyl (C=O) groups is 2. The molecule has 0 bridgehead atoms. The molecule has 4 heterocycles. The number of imidazole rings is 1. The fourth-order valence-electron chi connectivity index (χ4n) is 5.10. The fourth-order valence-corrected chi connectivity index (χ4v) is 5.10. The van der Waals surface area contributed by atoms with Gasteiger partial charge in [0.25, 0.3) is 5.91 Å². The summed E-state index contributed by atoms with van der Waals surface area (Å²) < 4.78 is 8.15. The molecular weight excluding hydrogens is 586 g/mol. The first-order valence-corrected chi connectivity index (χ1v) is 14.6. The van der Waals surface area contributed by atoms with Gasteiger partial charge >= 0.3 is 11.6 Å². The summed E-state index contributed by atoms with van der Waals surface area (Å²) in [5, 5.41) is 2.78. The van der Waals surface area contributed by atoms with E-state index in [9.17, 15) is 14.4 Å². The maximum Gasteiger partial charge on any atom is 0.339 e. The Morgan fingerprint density at radius 3 is 2.54 bits per heavy atom. The van der Waals surface area contributed by atoms with Crippen molar-refractivity contribution in [2.45, 2.75) is 6.92 Å². The van der Waals surface area contributed by atoms with Crippen LogP contribution in [0, 0.1) is 18.8 Å². The number of anilines is 3. The number of pyridine rings is 1. The van der Waals surface area contributed by atoms with Crippen molar-refractivity contribution in [1.29, 1.82) is 0 Å². The van der Waals surface area contributed by atoms with E-state index >= 15 is 0 Å². The van der Waals surface area contributed by atoms with Gasteiger partial charge in [-0.3, -0.25) is 19.1 Å². The van der Waals surface area contributed by atoms with Gasteiger partial charge in [-0.25, -0.2) is 24.3 Å². The molecule has 1 fully saturated rings. The van der Waals surface area contributed by atoms with Gasteiger partial charge in [-0.1, -0.05) is 12.0 Å². The van der Waals surface area contributed by atoms with Gasteiger partial charge < -0.3 is 20.7 Å². The minimum absolute atomic E-state index is 0.104. The van der Waals surface area contributed by atoms with Crippen molar-refractivity contribution in [2.24, 2.45) is 0 Å². The second-order valence-electron chi connectivity index (χ2n) is 10.7. The Hall–Kier alpha value is -5.84. The number of aromatic nitrogens is 5. The first-order valence-electron chi connectivity index (χ1n) is 14.6. The average molecular weight is 618 g/mol. The van der Waals surface area contributed by atoms with E-state index in [-0.39, 0.29) is 23.3 Å². The number of hydrogen-bond acceptors (Lipinski definition) is 9. The molecule has 2 amide bonds. The van der Waals surface area contributed by atoms with Crippen LogP contribution in [-0.4, -0.2) is 80.7 Å². The Bertz CT molecular complexity index is 2050. The van der Waals surface area contributed by atoms with E-state index in [0.717, 1.165) is 18.7 Å². The molecular formula is C33H31N9O4. The van der Waals surface area contributed by atoms with Gasteiger partial charge in [0, 0.05) is 37.6 Å². The molecule has 0 atom stereocenters. The van der Waals surface area contributed by atoms with E-state index in [1.54, 1.807) is 67.8 Å². The summed E-state index contributed by atoms with van der Waals surface area (Å²) in [4.78, 5) is 56.0. The number of aryl methyl sites for hydroxylation is 1. The summed E-state index contributed by atoms with van der Waals surface area (Å²) in [7, 11) is 1.63. The van der Waals surface area contributed by atoms with E-state index in [0.29, 0.717) is 53.7 Å². The number of nitrogen functional groups attached to an aromatic ring is 1. The van der Waals surface area contributed by atoms with Gasteiger partial charge in [0.1, 0.15) is 17.7 Å². The Balaban J connectivity index is 1.30. The highest BCUT2D eigenvalue weighted by Crippen LogP contribution is 2.25. The van der Waals surface area contributed by atoms with Gasteiger partial charge in [0.05, 0.1) is 31.1 Å². The number of rotatable bonds is 6. The lowest BCUT2D eigenvalue weighted by Gasteiger charge is -2.24. The zero-order valence-electron chi connectivity index (χ0n) is 25.3. The number of fused-ring (bicyclic) bond motifs is 1. The van der Waals surface area contributed by atoms with Gasteiger partial charge in [-0.05, 0) is 73.0 Å². The summed E-state index contributed by atoms with van der Waals surface area (Å²) in [5.41, 5.74) is 9.20. The van der Waals surface area contributed by atoms with E-state index in [4.69, 9.17) is 10.5 Å². The monoisotopic (exact) mass is 617 g/mol. The van der Waals surface area contributed by atoms with Crippen LogP contribution in [0.2, 0.25) is 0 Å². The first-order chi connectivity index (χ1) is 22.3. The highest BCUT2D eigenvalue weighted by atomic mass is 16.5. The third-order valence-corrected chi connectivity index (χ3v) is 7.58. The van der Waals surface area contributed by atoms with Crippen LogP contribution >= 0.6 is 0 Å². The highest BCUT2D eigenvalue weighted by Gasteiger charge is 2.21. The SMILES string of the molecule is Cc1ccnc(NC(=O)c2ccc(-n3c(=O)n(-c4cccc(N(C)C(=O)C#CCN5CCOCC5)c4)c4ncnc(N)c43)cc2)c1. The Morgan fingerprint density at radius 2 is 1.78 bits per heavy atom. The predicted molar refractivity (Wildman–Crippen MR) is 174 cm³/mol. The zero-order valence-corrected chi connectivity index (χ0v) is 25.3. The molecule has 0 spiro atoms. The molecule has 13 heteroatoms. The lowest BCUT2D eigenvalue weighted by atomic mass is 10.2. The second-order valence-corrected chi connectivity index (χ2v) is 10.7. The molecule has 0 unspecified atom stereocenters. The summed E-state index contributed by atoms with van der Waals surface area (Å²) in [6.45, 7) is 5.26. The summed E-state index contributed by atoms with van der Waals surface area (Å²) in [6, 6.07) is 17.1. The van der Waals surface area contributed by atoms with E-state index < -0.39 is 5.69 Å². The minimum Gasteiger partial charge on any atom is -0.382 e. The maximum atomic E-state index is 14.0. The predicted octanol–water partition coefficient (Wildman–Crippen LogP) is 2.41. The van der Waals surface area contributed by atoms with E-state index in [2.05, 4.69) is 37.0 Å². The second kappa shape index (κ2) is 13.0. The van der Waals surface area contributed by atoms with Crippen molar-refractivity contribution in [2.75, 3.05) is 55.8 Å². The lowest BCUT2D eigenvalue weighted by Crippen LogP contribution is -2.36. The molecule has 0 radical (unpaired) electrons. The van der Waals surface area contributed by atoms with Crippen LogP contribution in [0.3, 0.4) is 0 Å². The number of carbonyl (C=O) groups excluding carboxylic acids is 2. The zero-order chi connectivity index (χ0) is 32.2. The molecule has 13 nitrogen and oxygen atoms in total. The molecule has 46 heavy (non-hydrogen) atoms. The van der Waals surface area contributed by atoms with E-state index in [1.807, 2.05) is 13.0 Å². The van der Waals surface area contributed by atoms with Gasteiger partial charge in [0.15, 0.2) is 11.5 Å². The maximum absolute atomic E-state index is 14.0. The van der Waals surface area contributed by atoms with Crippen LogP contribution < -0.4 is 21.6 Å². The summed E-state index contributed by atoms with van der Waals surface area (Å²) in [6.07, 6.45) is 2.91. The van der Waals surface area contributed by atoms with Crippen molar-refractivity contribution in [3.8, 4) is 23.2 Å². The topological polar surface area (TPSA) is 154 Å². The van der Waals surface area contributed by atoms with Crippen LogP contribution in [-0.2, 0) is 9.53 Å². The Kier molecular flexibility index (Phi) is 8.55. The molecule has 1 aliphatic rings. The molecule has 1 saturated heterocycles. The highest BCUT2D eigenvalue weighted by molar-refractivity contribution is 6.05. The molecule has 6 rings (SSSR count). The largest absolute Gasteiger partial charge is 0.382 e. The number of ether oxygens (including phenoxy) is 1. The summed E-state index contributed by atoms with van der Waals surface area (Å²) in [5.74, 6) is 5.47. The molecule has 0 saturated carbocycles. The number of nitrogens with one attached hydrogen (secondary N) is 1. The average Bonchev–Trinajstić information content (AvgIpc) is 3.37. The van der Waals surface area contributed by atoms with Gasteiger partial charge in [-0.15, -0.1) is 0 Å². The van der Waals surface area contributed by atoms with Crippen LogP contribution in [0.5, 0.6) is 0 Å². The number of amides is 2. The van der Waals surface area contributed by atoms with Gasteiger partial charge in [0.2, 0.25) is 0 Å². The quantitative estimate of drug-likeness (QED) is 0.274. The van der Waals surface area contributed by atoms with Crippen molar-refractivity contribution in [3.63, 3.8) is 0 Å². The van der Waals surface area contributed by atoms with Crippen molar-refractivity contribution >= 4 is 40.3 Å². The number of hydrogen-bond donors (Lipinski definition) is 2.